The van der Waals surface area contributed by atoms with Gasteiger partial charge in [-0.15, -0.1) is 0 Å². The van der Waals surface area contributed by atoms with E-state index in [1.54, 1.807) is 4.68 Å². The van der Waals surface area contributed by atoms with E-state index >= 15 is 0 Å². The third-order valence-corrected chi connectivity index (χ3v) is 4.80. The van der Waals surface area contributed by atoms with Gasteiger partial charge in [-0.25, -0.2) is 0 Å². The normalized spacial score (nSPS) is 16.3. The van der Waals surface area contributed by atoms with Crippen LogP contribution in [0.15, 0.2) is 4.47 Å². The molecule has 118 valence electrons. The van der Waals surface area contributed by atoms with E-state index in [2.05, 4.69) is 33.3 Å². The monoisotopic (exact) mass is 357 g/mol. The molecule has 1 saturated heterocycles. The Labute approximate surface area is 134 Å². The first-order chi connectivity index (χ1) is 10.1. The van der Waals surface area contributed by atoms with Crippen LogP contribution in [0.2, 0.25) is 0 Å². The first-order valence-electron chi connectivity index (χ1n) is 7.66. The van der Waals surface area contributed by atoms with Gasteiger partial charge in [-0.1, -0.05) is 6.92 Å². The highest BCUT2D eigenvalue weighted by Gasteiger charge is 2.17. The zero-order valence-corrected chi connectivity index (χ0v) is 14.4. The highest BCUT2D eigenvalue weighted by molar-refractivity contribution is 9.10. The number of nitrogens with zero attached hydrogens (tertiary/aromatic N) is 2. The molecule has 0 amide bonds. The maximum atomic E-state index is 12.1. The second kappa shape index (κ2) is 8.06. The van der Waals surface area contributed by atoms with Crippen LogP contribution in [0.4, 0.5) is 0 Å². The second-order valence-electron chi connectivity index (χ2n) is 5.47. The number of halogens is 1. The lowest BCUT2D eigenvalue weighted by molar-refractivity contribution is -0.120. The van der Waals surface area contributed by atoms with Crippen LogP contribution in [0.3, 0.4) is 0 Å². The van der Waals surface area contributed by atoms with Crippen LogP contribution in [0, 0.1) is 0 Å². The quantitative estimate of drug-likeness (QED) is 0.810. The number of Topliss-reactive ketones (excluding diaryl/α,β-unsaturated/α-hetero) is 1. The van der Waals surface area contributed by atoms with Crippen LogP contribution < -0.4 is 5.32 Å². The number of nitrogens with one attached hydrogen (secondary N) is 1. The van der Waals surface area contributed by atoms with Gasteiger partial charge in [0.1, 0.15) is 5.78 Å². The molecule has 0 spiro atoms. The summed E-state index contributed by atoms with van der Waals surface area (Å²) < 4.78 is 8.56. The van der Waals surface area contributed by atoms with Crippen molar-refractivity contribution in [2.24, 2.45) is 7.05 Å². The molecule has 0 bridgehead atoms. The fraction of sp³-hybridized carbons (Fsp3) is 0.733. The Kier molecular flexibility index (Phi) is 6.39. The topological polar surface area (TPSA) is 56.2 Å². The van der Waals surface area contributed by atoms with Crippen molar-refractivity contribution in [3.05, 3.63) is 15.9 Å². The summed E-state index contributed by atoms with van der Waals surface area (Å²) in [6.45, 7) is 4.62. The Balaban J connectivity index is 1.77. The molecule has 0 saturated carbocycles. The highest BCUT2D eigenvalue weighted by atomic mass is 79.9. The summed E-state index contributed by atoms with van der Waals surface area (Å²) in [7, 11) is 1.89. The van der Waals surface area contributed by atoms with E-state index in [1.807, 2.05) is 7.05 Å². The molecule has 1 aliphatic rings. The standard InChI is InChI=1S/C15H24BrN3O2/c1-3-13-15(16)14(19(2)18-13)10-11(20)6-9-21-12-4-7-17-8-5-12/h12,17H,3-10H2,1-2H3. The van der Waals surface area contributed by atoms with E-state index in [-0.39, 0.29) is 5.78 Å². The van der Waals surface area contributed by atoms with Crippen LogP contribution in [-0.2, 0) is 29.4 Å². The smallest absolute Gasteiger partial charge is 0.141 e. The SMILES string of the molecule is CCc1nn(C)c(CC(=O)CCOC2CCNCC2)c1Br. The average molecular weight is 358 g/mol. The summed E-state index contributed by atoms with van der Waals surface area (Å²) in [4.78, 5) is 12.1. The Bertz CT molecular complexity index is 482. The lowest BCUT2D eigenvalue weighted by Crippen LogP contribution is -2.32. The minimum Gasteiger partial charge on any atom is -0.378 e. The first-order valence-corrected chi connectivity index (χ1v) is 8.45. The van der Waals surface area contributed by atoms with E-state index in [4.69, 9.17) is 4.74 Å². The van der Waals surface area contributed by atoms with Crippen molar-refractivity contribution in [3.8, 4) is 0 Å². The fourth-order valence-corrected chi connectivity index (χ4v) is 3.35. The zero-order chi connectivity index (χ0) is 15.2. The maximum Gasteiger partial charge on any atom is 0.141 e. The van der Waals surface area contributed by atoms with Gasteiger partial charge in [0.05, 0.1) is 28.6 Å². The average Bonchev–Trinajstić information content (AvgIpc) is 2.76. The number of rotatable bonds is 7. The molecule has 0 unspecified atom stereocenters. The molecule has 0 radical (unpaired) electrons. The number of hydrogen-bond donors (Lipinski definition) is 1. The molecule has 1 aromatic rings. The number of aromatic nitrogens is 2. The number of carbonyl (C=O) groups excluding carboxylic acids is 1. The molecule has 6 heteroatoms. The zero-order valence-electron chi connectivity index (χ0n) is 12.8. The summed E-state index contributed by atoms with van der Waals surface area (Å²) in [5.74, 6) is 0.204. The van der Waals surface area contributed by atoms with Crippen LogP contribution in [0.25, 0.3) is 0 Å². The van der Waals surface area contributed by atoms with Gasteiger partial charge in [0.25, 0.3) is 0 Å². The van der Waals surface area contributed by atoms with Gasteiger partial charge < -0.3 is 10.1 Å². The summed E-state index contributed by atoms with van der Waals surface area (Å²) in [5, 5.41) is 7.72. The van der Waals surface area contributed by atoms with Crippen molar-refractivity contribution >= 4 is 21.7 Å². The summed E-state index contributed by atoms with van der Waals surface area (Å²) in [6.07, 6.45) is 4.15. The van der Waals surface area contributed by atoms with Crippen molar-refractivity contribution in [1.82, 2.24) is 15.1 Å². The van der Waals surface area contributed by atoms with Gasteiger partial charge >= 0.3 is 0 Å². The fourth-order valence-electron chi connectivity index (χ4n) is 2.59. The van der Waals surface area contributed by atoms with Gasteiger partial charge in [-0.3, -0.25) is 9.48 Å². The van der Waals surface area contributed by atoms with Crippen molar-refractivity contribution in [3.63, 3.8) is 0 Å². The molecular weight excluding hydrogens is 334 g/mol. The van der Waals surface area contributed by atoms with Crippen LogP contribution >= 0.6 is 15.9 Å². The minimum absolute atomic E-state index is 0.204. The number of aryl methyl sites for hydroxylation is 2. The molecule has 1 aromatic heterocycles. The Morgan fingerprint density at radius 3 is 2.81 bits per heavy atom. The minimum atomic E-state index is 0.204. The van der Waals surface area contributed by atoms with E-state index in [0.29, 0.717) is 25.6 Å². The Morgan fingerprint density at radius 2 is 2.19 bits per heavy atom. The summed E-state index contributed by atoms with van der Waals surface area (Å²) in [5.41, 5.74) is 1.96. The molecule has 2 heterocycles. The number of ketones is 1. The van der Waals surface area contributed by atoms with E-state index < -0.39 is 0 Å². The predicted octanol–water partition coefficient (Wildman–Crippen LogP) is 2.02. The van der Waals surface area contributed by atoms with Crippen LogP contribution in [0.5, 0.6) is 0 Å². The third kappa shape index (κ3) is 4.63. The molecule has 2 rings (SSSR count). The van der Waals surface area contributed by atoms with Gasteiger partial charge in [0.15, 0.2) is 0 Å². The van der Waals surface area contributed by atoms with E-state index in [9.17, 15) is 4.79 Å². The van der Waals surface area contributed by atoms with Gasteiger partial charge in [-0.2, -0.15) is 5.10 Å². The maximum absolute atomic E-state index is 12.1. The van der Waals surface area contributed by atoms with Crippen molar-refractivity contribution in [2.45, 2.75) is 45.1 Å². The molecule has 0 atom stereocenters. The third-order valence-electron chi connectivity index (χ3n) is 3.89. The first kappa shape index (κ1) is 16.6. The molecule has 1 N–H and O–H groups in total. The number of piperidine rings is 1. The van der Waals surface area contributed by atoms with Crippen LogP contribution in [-0.4, -0.2) is 41.4 Å². The van der Waals surface area contributed by atoms with Gasteiger partial charge in [0.2, 0.25) is 0 Å². The lowest BCUT2D eigenvalue weighted by atomic mass is 10.1. The number of ether oxygens (including phenoxy) is 1. The predicted molar refractivity (Wildman–Crippen MR) is 85.5 cm³/mol. The molecular formula is C15H24BrN3O2. The largest absolute Gasteiger partial charge is 0.378 e. The van der Waals surface area contributed by atoms with E-state index in [1.165, 1.54) is 0 Å². The molecule has 0 aromatic carbocycles. The van der Waals surface area contributed by atoms with Crippen LogP contribution in [0.1, 0.15) is 37.6 Å². The second-order valence-corrected chi connectivity index (χ2v) is 6.26. The number of carbonyl (C=O) groups is 1. The molecule has 0 aliphatic carbocycles. The summed E-state index contributed by atoms with van der Waals surface area (Å²) in [6, 6.07) is 0. The van der Waals surface area contributed by atoms with Gasteiger partial charge in [0, 0.05) is 19.9 Å². The highest BCUT2D eigenvalue weighted by Crippen LogP contribution is 2.22. The molecule has 21 heavy (non-hydrogen) atoms. The molecule has 1 aliphatic heterocycles. The van der Waals surface area contributed by atoms with E-state index in [0.717, 1.165) is 48.2 Å². The van der Waals surface area contributed by atoms with Crippen molar-refractivity contribution in [1.29, 1.82) is 0 Å². The van der Waals surface area contributed by atoms with Crippen molar-refractivity contribution in [2.75, 3.05) is 19.7 Å². The Morgan fingerprint density at radius 1 is 1.48 bits per heavy atom. The Hall–Kier alpha value is -0.720. The lowest BCUT2D eigenvalue weighted by Gasteiger charge is -2.22. The molecule has 1 fully saturated rings. The van der Waals surface area contributed by atoms with Gasteiger partial charge in [-0.05, 0) is 48.3 Å². The molecule has 5 nitrogen and oxygen atoms in total. The summed E-state index contributed by atoms with van der Waals surface area (Å²) >= 11 is 3.55. The van der Waals surface area contributed by atoms with Crippen molar-refractivity contribution < 1.29 is 9.53 Å². The number of hydrogen-bond acceptors (Lipinski definition) is 4.